The molecule has 1 atom stereocenters. The molecule has 0 saturated heterocycles. The quantitative estimate of drug-likeness (QED) is 0.539. The Kier molecular flexibility index (Phi) is 8.07. The Labute approximate surface area is 163 Å². The van der Waals surface area contributed by atoms with Crippen molar-refractivity contribution in [2.45, 2.75) is 26.2 Å². The average molecular weight is 397 g/mol. The van der Waals surface area contributed by atoms with E-state index in [1.54, 1.807) is 18.2 Å². The van der Waals surface area contributed by atoms with Crippen LogP contribution in [-0.4, -0.2) is 24.3 Å². The maximum Gasteiger partial charge on any atom is 0.306 e. The van der Waals surface area contributed by atoms with Crippen molar-refractivity contribution in [3.8, 4) is 11.5 Å². The summed E-state index contributed by atoms with van der Waals surface area (Å²) >= 11 is 11.9. The number of ether oxygens (including phenoxy) is 2. The maximum atomic E-state index is 11.2. The standard InChI is InChI=1S/C20H22Cl2O4/c1-2-15(20(23)24)11-14-5-3-6-17(12-14)25-9-4-10-26-19-8-7-16(21)13-18(19)22/h3,5-8,12-13,15H,2,4,9-11H2,1H3,(H,23,24). The molecule has 1 N–H and O–H groups in total. The van der Waals surface area contributed by atoms with E-state index in [1.807, 2.05) is 31.2 Å². The van der Waals surface area contributed by atoms with E-state index < -0.39 is 5.97 Å². The second kappa shape index (κ2) is 10.3. The molecule has 140 valence electrons. The molecule has 0 bridgehead atoms. The molecule has 0 saturated carbocycles. The lowest BCUT2D eigenvalue weighted by Crippen LogP contribution is -2.15. The lowest BCUT2D eigenvalue weighted by Gasteiger charge is -2.12. The molecule has 2 rings (SSSR count). The molecule has 0 fully saturated rings. The van der Waals surface area contributed by atoms with E-state index in [0.29, 0.717) is 48.3 Å². The Morgan fingerprint density at radius 1 is 1.12 bits per heavy atom. The molecule has 2 aromatic rings. The predicted molar refractivity (Wildman–Crippen MR) is 104 cm³/mol. The monoisotopic (exact) mass is 396 g/mol. The van der Waals surface area contributed by atoms with Gasteiger partial charge in [-0.05, 0) is 48.7 Å². The Morgan fingerprint density at radius 3 is 2.58 bits per heavy atom. The summed E-state index contributed by atoms with van der Waals surface area (Å²) in [5.41, 5.74) is 0.959. The van der Waals surface area contributed by atoms with Crippen LogP contribution in [0.1, 0.15) is 25.3 Å². The highest BCUT2D eigenvalue weighted by Crippen LogP contribution is 2.27. The Hall–Kier alpha value is -1.91. The molecule has 0 radical (unpaired) electrons. The molecule has 0 amide bonds. The largest absolute Gasteiger partial charge is 0.493 e. The molecule has 0 aromatic heterocycles. The molecule has 1 unspecified atom stereocenters. The Balaban J connectivity index is 1.77. The van der Waals surface area contributed by atoms with E-state index >= 15 is 0 Å². The van der Waals surface area contributed by atoms with Crippen molar-refractivity contribution in [2.75, 3.05) is 13.2 Å². The van der Waals surface area contributed by atoms with Gasteiger partial charge in [0.05, 0.1) is 24.2 Å². The third-order valence-electron chi connectivity index (χ3n) is 3.93. The first kappa shape index (κ1) is 20.4. The third-order valence-corrected chi connectivity index (χ3v) is 4.46. The van der Waals surface area contributed by atoms with E-state index in [-0.39, 0.29) is 5.92 Å². The second-order valence-corrected chi connectivity index (χ2v) is 6.76. The third kappa shape index (κ3) is 6.43. The van der Waals surface area contributed by atoms with Crippen LogP contribution in [0.3, 0.4) is 0 Å². The molecule has 0 heterocycles. The molecule has 0 aliphatic heterocycles. The molecule has 0 aliphatic rings. The van der Waals surface area contributed by atoms with Crippen LogP contribution in [-0.2, 0) is 11.2 Å². The maximum absolute atomic E-state index is 11.2. The van der Waals surface area contributed by atoms with Crippen LogP contribution in [0.5, 0.6) is 11.5 Å². The molecule has 6 heteroatoms. The van der Waals surface area contributed by atoms with Gasteiger partial charge in [0.1, 0.15) is 11.5 Å². The van der Waals surface area contributed by atoms with Gasteiger partial charge < -0.3 is 14.6 Å². The lowest BCUT2D eigenvalue weighted by molar-refractivity contribution is -0.141. The first-order valence-corrected chi connectivity index (χ1v) is 9.27. The van der Waals surface area contributed by atoms with Crippen molar-refractivity contribution in [1.82, 2.24) is 0 Å². The molecular weight excluding hydrogens is 375 g/mol. The van der Waals surface area contributed by atoms with Crippen molar-refractivity contribution in [3.63, 3.8) is 0 Å². The van der Waals surface area contributed by atoms with Crippen LogP contribution < -0.4 is 9.47 Å². The number of hydrogen-bond acceptors (Lipinski definition) is 3. The molecule has 0 aliphatic carbocycles. The zero-order valence-corrected chi connectivity index (χ0v) is 16.1. The van der Waals surface area contributed by atoms with Gasteiger partial charge in [-0.15, -0.1) is 0 Å². The van der Waals surface area contributed by atoms with Gasteiger partial charge in [0.25, 0.3) is 0 Å². The SMILES string of the molecule is CCC(Cc1cccc(OCCCOc2ccc(Cl)cc2Cl)c1)C(=O)O. The van der Waals surface area contributed by atoms with Gasteiger partial charge in [0.2, 0.25) is 0 Å². The van der Waals surface area contributed by atoms with Gasteiger partial charge in [-0.3, -0.25) is 4.79 Å². The van der Waals surface area contributed by atoms with E-state index in [2.05, 4.69) is 0 Å². The highest BCUT2D eigenvalue weighted by atomic mass is 35.5. The summed E-state index contributed by atoms with van der Waals surface area (Å²) in [4.78, 5) is 11.2. The number of hydrogen-bond donors (Lipinski definition) is 1. The van der Waals surface area contributed by atoms with E-state index in [4.69, 9.17) is 32.7 Å². The molecular formula is C20H22Cl2O4. The first-order chi connectivity index (χ1) is 12.5. The molecule has 0 spiro atoms. The lowest BCUT2D eigenvalue weighted by atomic mass is 9.97. The van der Waals surface area contributed by atoms with Crippen molar-refractivity contribution < 1.29 is 19.4 Å². The minimum atomic E-state index is -0.767. The Bertz CT molecular complexity index is 734. The smallest absolute Gasteiger partial charge is 0.306 e. The van der Waals surface area contributed by atoms with Crippen LogP contribution in [0.15, 0.2) is 42.5 Å². The van der Waals surface area contributed by atoms with Gasteiger partial charge in [-0.1, -0.05) is 42.3 Å². The van der Waals surface area contributed by atoms with Crippen LogP contribution >= 0.6 is 23.2 Å². The van der Waals surface area contributed by atoms with Gasteiger partial charge in [-0.2, -0.15) is 0 Å². The molecule has 2 aromatic carbocycles. The summed E-state index contributed by atoms with van der Waals surface area (Å²) in [5, 5.41) is 10.2. The van der Waals surface area contributed by atoms with Crippen molar-refractivity contribution >= 4 is 29.2 Å². The minimum absolute atomic E-state index is 0.372. The van der Waals surface area contributed by atoms with Gasteiger partial charge in [0, 0.05) is 11.4 Å². The minimum Gasteiger partial charge on any atom is -0.493 e. The van der Waals surface area contributed by atoms with Gasteiger partial charge >= 0.3 is 5.97 Å². The highest BCUT2D eigenvalue weighted by Gasteiger charge is 2.15. The first-order valence-electron chi connectivity index (χ1n) is 8.52. The highest BCUT2D eigenvalue weighted by molar-refractivity contribution is 6.35. The van der Waals surface area contributed by atoms with Crippen LogP contribution in [0, 0.1) is 5.92 Å². The Morgan fingerprint density at radius 2 is 1.88 bits per heavy atom. The summed E-state index contributed by atoms with van der Waals surface area (Å²) < 4.78 is 11.3. The number of aliphatic carboxylic acids is 1. The normalized spacial score (nSPS) is 11.8. The van der Waals surface area contributed by atoms with Crippen molar-refractivity contribution in [2.24, 2.45) is 5.92 Å². The molecule has 26 heavy (non-hydrogen) atoms. The van der Waals surface area contributed by atoms with E-state index in [9.17, 15) is 9.90 Å². The van der Waals surface area contributed by atoms with Crippen LogP contribution in [0.4, 0.5) is 0 Å². The molecule has 4 nitrogen and oxygen atoms in total. The number of carbonyl (C=O) groups is 1. The topological polar surface area (TPSA) is 55.8 Å². The number of benzene rings is 2. The summed E-state index contributed by atoms with van der Waals surface area (Å²) in [6.45, 7) is 2.84. The van der Waals surface area contributed by atoms with E-state index in [1.165, 1.54) is 0 Å². The fraction of sp³-hybridized carbons (Fsp3) is 0.350. The fourth-order valence-electron chi connectivity index (χ4n) is 2.48. The van der Waals surface area contributed by atoms with Gasteiger partial charge in [0.15, 0.2) is 0 Å². The summed E-state index contributed by atoms with van der Waals surface area (Å²) in [7, 11) is 0. The predicted octanol–water partition coefficient (Wildman–Crippen LogP) is 5.49. The number of halogens is 2. The summed E-state index contributed by atoms with van der Waals surface area (Å²) in [6.07, 6.45) is 1.79. The van der Waals surface area contributed by atoms with Crippen molar-refractivity contribution in [1.29, 1.82) is 0 Å². The second-order valence-electron chi connectivity index (χ2n) is 5.92. The zero-order chi connectivity index (χ0) is 18.9. The van der Waals surface area contributed by atoms with Crippen LogP contribution in [0.2, 0.25) is 10.0 Å². The summed E-state index contributed by atoms with van der Waals surface area (Å²) in [6, 6.07) is 12.7. The zero-order valence-electron chi connectivity index (χ0n) is 14.6. The number of carboxylic acids is 1. The van der Waals surface area contributed by atoms with Crippen LogP contribution in [0.25, 0.3) is 0 Å². The number of carboxylic acid groups (broad SMARTS) is 1. The van der Waals surface area contributed by atoms with Crippen molar-refractivity contribution in [3.05, 3.63) is 58.1 Å². The number of rotatable bonds is 10. The van der Waals surface area contributed by atoms with Gasteiger partial charge in [-0.25, -0.2) is 0 Å². The fourth-order valence-corrected chi connectivity index (χ4v) is 2.94. The summed E-state index contributed by atoms with van der Waals surface area (Å²) in [5.74, 6) is 0.184. The van der Waals surface area contributed by atoms with E-state index in [0.717, 1.165) is 11.3 Å². The average Bonchev–Trinajstić information content (AvgIpc) is 2.61.